The molecular weight excluding hydrogens is 236 g/mol. The molecule has 0 aromatic heterocycles. The van der Waals surface area contributed by atoms with Gasteiger partial charge in [-0.2, -0.15) is 0 Å². The molecule has 108 valence electrons. The van der Waals surface area contributed by atoms with E-state index in [1.54, 1.807) is 0 Å². The van der Waals surface area contributed by atoms with E-state index in [1.165, 1.54) is 19.3 Å². The van der Waals surface area contributed by atoms with Gasteiger partial charge in [-0.15, -0.1) is 0 Å². The smallest absolute Gasteiger partial charge is 0.312 e. The lowest BCUT2D eigenvalue weighted by atomic mass is 9.79. The Labute approximate surface area is 117 Å². The number of ether oxygens (including phenoxy) is 1. The Hall–Kier alpha value is -0.790. The Morgan fingerprint density at radius 2 is 1.95 bits per heavy atom. The number of rotatable bonds is 3. The topological polar surface area (TPSA) is 26.3 Å². The number of carbonyl (C=O) groups is 1. The van der Waals surface area contributed by atoms with Gasteiger partial charge in [0.2, 0.25) is 0 Å². The summed E-state index contributed by atoms with van der Waals surface area (Å²) in [6.45, 7) is 6.39. The number of hydrogen-bond donors (Lipinski definition) is 0. The van der Waals surface area contributed by atoms with Crippen LogP contribution in [0.15, 0.2) is 12.2 Å². The molecule has 0 saturated heterocycles. The molecule has 0 aromatic rings. The Bertz CT molecular complexity index is 341. The molecule has 2 nitrogen and oxygen atoms in total. The molecule has 0 spiro atoms. The van der Waals surface area contributed by atoms with E-state index in [0.717, 1.165) is 25.7 Å². The van der Waals surface area contributed by atoms with Crippen molar-refractivity contribution in [1.29, 1.82) is 0 Å². The third kappa shape index (κ3) is 3.21. The summed E-state index contributed by atoms with van der Waals surface area (Å²) in [5.74, 6) is 1.01. The molecule has 0 aromatic carbocycles. The van der Waals surface area contributed by atoms with Crippen LogP contribution < -0.4 is 0 Å². The Morgan fingerprint density at radius 1 is 1.26 bits per heavy atom. The molecule has 3 atom stereocenters. The largest absolute Gasteiger partial charge is 0.462 e. The molecule has 0 bridgehead atoms. The minimum absolute atomic E-state index is 0.0480. The van der Waals surface area contributed by atoms with Gasteiger partial charge in [-0.3, -0.25) is 4.79 Å². The zero-order valence-corrected chi connectivity index (χ0v) is 12.7. The van der Waals surface area contributed by atoms with Crippen LogP contribution in [-0.2, 0) is 9.53 Å². The molecule has 2 rings (SSSR count). The molecule has 0 heterocycles. The number of allylic oxidation sites excluding steroid dienone is 2. The highest BCUT2D eigenvalue weighted by Crippen LogP contribution is 2.48. The number of carbonyl (C=O) groups excluding carboxylic acids is 1. The first-order chi connectivity index (χ1) is 9.06. The van der Waals surface area contributed by atoms with E-state index in [1.807, 2.05) is 6.92 Å². The second-order valence-electron chi connectivity index (χ2n) is 6.76. The Balaban J connectivity index is 2.02. The van der Waals surface area contributed by atoms with Crippen LogP contribution >= 0.6 is 0 Å². The fourth-order valence-corrected chi connectivity index (χ4v) is 3.88. The van der Waals surface area contributed by atoms with Gasteiger partial charge in [0.25, 0.3) is 0 Å². The number of esters is 1. The lowest BCUT2D eigenvalue weighted by molar-refractivity contribution is -0.163. The van der Waals surface area contributed by atoms with Gasteiger partial charge in [-0.1, -0.05) is 25.5 Å². The fraction of sp³-hybridized carbons (Fsp3) is 0.824. The van der Waals surface area contributed by atoms with Crippen LogP contribution in [0, 0.1) is 17.3 Å². The predicted molar refractivity (Wildman–Crippen MR) is 77.8 cm³/mol. The summed E-state index contributed by atoms with van der Waals surface area (Å²) >= 11 is 0. The first-order valence-corrected chi connectivity index (χ1v) is 7.90. The van der Waals surface area contributed by atoms with Crippen molar-refractivity contribution in [3.63, 3.8) is 0 Å². The third-order valence-electron chi connectivity index (χ3n) is 4.96. The van der Waals surface area contributed by atoms with E-state index < -0.39 is 0 Å². The van der Waals surface area contributed by atoms with E-state index in [0.29, 0.717) is 11.8 Å². The normalized spacial score (nSPS) is 36.8. The van der Waals surface area contributed by atoms with Gasteiger partial charge in [0.1, 0.15) is 6.10 Å². The van der Waals surface area contributed by atoms with Crippen LogP contribution in [-0.4, -0.2) is 12.1 Å². The third-order valence-corrected chi connectivity index (χ3v) is 4.96. The van der Waals surface area contributed by atoms with Crippen molar-refractivity contribution >= 4 is 5.97 Å². The zero-order valence-electron chi connectivity index (χ0n) is 12.7. The first kappa shape index (κ1) is 14.6. The van der Waals surface area contributed by atoms with Crippen molar-refractivity contribution < 1.29 is 9.53 Å². The summed E-state index contributed by atoms with van der Waals surface area (Å²) in [6, 6.07) is 0. The molecular formula is C17H28O2. The van der Waals surface area contributed by atoms with Gasteiger partial charge in [0.05, 0.1) is 5.41 Å². The van der Waals surface area contributed by atoms with Crippen molar-refractivity contribution in [1.82, 2.24) is 0 Å². The monoisotopic (exact) mass is 264 g/mol. The highest BCUT2D eigenvalue weighted by atomic mass is 16.5. The molecule has 0 aliphatic heterocycles. The van der Waals surface area contributed by atoms with Crippen LogP contribution in [0.3, 0.4) is 0 Å². The molecule has 2 fully saturated rings. The second kappa shape index (κ2) is 6.11. The van der Waals surface area contributed by atoms with Gasteiger partial charge in [-0.05, 0) is 64.2 Å². The molecule has 0 radical (unpaired) electrons. The zero-order chi connectivity index (χ0) is 13.9. The molecule has 2 aliphatic rings. The standard InChI is InChI=1S/C17H28O2/c1-4-8-14-11-13(2)12-17(14,3)16(18)19-15-9-6-5-7-10-15/h4,8,13-15H,5-7,9-12H2,1-3H3/b8-4+. The SMILES string of the molecule is C/C=C/C1CC(C)CC1(C)C(=O)OC1CCCCC1. The number of hydrogen-bond acceptors (Lipinski definition) is 2. The van der Waals surface area contributed by atoms with Gasteiger partial charge < -0.3 is 4.74 Å². The van der Waals surface area contributed by atoms with Crippen molar-refractivity contribution in [3.05, 3.63) is 12.2 Å². The summed E-state index contributed by atoms with van der Waals surface area (Å²) < 4.78 is 5.83. The van der Waals surface area contributed by atoms with Gasteiger partial charge in [-0.25, -0.2) is 0 Å². The van der Waals surface area contributed by atoms with Crippen LogP contribution in [0.2, 0.25) is 0 Å². The molecule has 2 aliphatic carbocycles. The lowest BCUT2D eigenvalue weighted by Crippen LogP contribution is -2.36. The molecule has 0 amide bonds. The molecule has 2 saturated carbocycles. The Morgan fingerprint density at radius 3 is 2.58 bits per heavy atom. The minimum Gasteiger partial charge on any atom is -0.462 e. The molecule has 2 heteroatoms. The average Bonchev–Trinajstić information content (AvgIpc) is 2.67. The minimum atomic E-state index is -0.302. The van der Waals surface area contributed by atoms with Crippen LogP contribution in [0.5, 0.6) is 0 Å². The van der Waals surface area contributed by atoms with E-state index in [2.05, 4.69) is 26.0 Å². The van der Waals surface area contributed by atoms with Crippen molar-refractivity contribution in [2.75, 3.05) is 0 Å². The van der Waals surface area contributed by atoms with Gasteiger partial charge in [0, 0.05) is 0 Å². The van der Waals surface area contributed by atoms with Crippen LogP contribution in [0.1, 0.15) is 65.7 Å². The van der Waals surface area contributed by atoms with Gasteiger partial charge >= 0.3 is 5.97 Å². The summed E-state index contributed by atoms with van der Waals surface area (Å²) in [4.78, 5) is 12.6. The fourth-order valence-electron chi connectivity index (χ4n) is 3.88. The van der Waals surface area contributed by atoms with E-state index in [-0.39, 0.29) is 17.5 Å². The summed E-state index contributed by atoms with van der Waals surface area (Å²) in [7, 11) is 0. The van der Waals surface area contributed by atoms with Gasteiger partial charge in [0.15, 0.2) is 0 Å². The second-order valence-corrected chi connectivity index (χ2v) is 6.76. The average molecular weight is 264 g/mol. The summed E-state index contributed by atoms with van der Waals surface area (Å²) in [6.07, 6.45) is 12.4. The van der Waals surface area contributed by atoms with E-state index in [4.69, 9.17) is 4.74 Å². The summed E-state index contributed by atoms with van der Waals surface area (Å²) in [5.41, 5.74) is -0.302. The quantitative estimate of drug-likeness (QED) is 0.554. The predicted octanol–water partition coefficient (Wildman–Crippen LogP) is 4.49. The maximum absolute atomic E-state index is 12.6. The highest BCUT2D eigenvalue weighted by molar-refractivity contribution is 5.77. The molecule has 0 N–H and O–H groups in total. The van der Waals surface area contributed by atoms with Crippen LogP contribution in [0.25, 0.3) is 0 Å². The maximum Gasteiger partial charge on any atom is 0.312 e. The first-order valence-electron chi connectivity index (χ1n) is 7.90. The van der Waals surface area contributed by atoms with E-state index in [9.17, 15) is 4.79 Å². The van der Waals surface area contributed by atoms with Crippen LogP contribution in [0.4, 0.5) is 0 Å². The van der Waals surface area contributed by atoms with Crippen molar-refractivity contribution in [3.8, 4) is 0 Å². The maximum atomic E-state index is 12.6. The Kier molecular flexibility index (Phi) is 4.70. The molecule has 3 unspecified atom stereocenters. The lowest BCUT2D eigenvalue weighted by Gasteiger charge is -2.31. The summed E-state index contributed by atoms with van der Waals surface area (Å²) in [5, 5.41) is 0. The van der Waals surface area contributed by atoms with E-state index >= 15 is 0 Å². The van der Waals surface area contributed by atoms with Crippen molar-refractivity contribution in [2.45, 2.75) is 71.8 Å². The molecule has 19 heavy (non-hydrogen) atoms. The van der Waals surface area contributed by atoms with Crippen molar-refractivity contribution in [2.24, 2.45) is 17.3 Å². The highest BCUT2D eigenvalue weighted by Gasteiger charge is 2.48.